The van der Waals surface area contributed by atoms with Gasteiger partial charge in [0.25, 0.3) is 0 Å². The summed E-state index contributed by atoms with van der Waals surface area (Å²) in [6.45, 7) is 4.48. The van der Waals surface area contributed by atoms with Gasteiger partial charge in [0.15, 0.2) is 0 Å². The SMILES string of the molecule is Cc1sc(=O)n(CC(=O)N2CCCC(C(=O)O)C2)c1C. The lowest BCUT2D eigenvalue weighted by molar-refractivity contribution is -0.145. The predicted molar refractivity (Wildman–Crippen MR) is 75.0 cm³/mol. The zero-order valence-electron chi connectivity index (χ0n) is 11.6. The number of hydrogen-bond donors (Lipinski definition) is 1. The van der Waals surface area contributed by atoms with E-state index in [1.165, 1.54) is 4.57 Å². The molecule has 0 bridgehead atoms. The maximum atomic E-state index is 12.2. The summed E-state index contributed by atoms with van der Waals surface area (Å²) in [6.07, 6.45) is 1.30. The summed E-state index contributed by atoms with van der Waals surface area (Å²) < 4.78 is 1.46. The van der Waals surface area contributed by atoms with E-state index in [9.17, 15) is 14.4 Å². The predicted octanol–water partition coefficient (Wildman–Crippen LogP) is 0.850. The third-order valence-corrected chi connectivity index (χ3v) is 4.79. The molecule has 1 aliphatic rings. The number of amides is 1. The molecule has 1 saturated heterocycles. The van der Waals surface area contributed by atoms with Crippen molar-refractivity contribution in [2.45, 2.75) is 33.2 Å². The Morgan fingerprint density at radius 2 is 2.10 bits per heavy atom. The fourth-order valence-electron chi connectivity index (χ4n) is 2.41. The quantitative estimate of drug-likeness (QED) is 0.897. The number of carboxylic acids is 1. The van der Waals surface area contributed by atoms with Gasteiger partial charge < -0.3 is 10.0 Å². The fourth-order valence-corrected chi connectivity index (χ4v) is 3.24. The van der Waals surface area contributed by atoms with E-state index in [0.29, 0.717) is 19.4 Å². The van der Waals surface area contributed by atoms with Gasteiger partial charge in [-0.1, -0.05) is 11.3 Å². The number of aromatic nitrogens is 1. The van der Waals surface area contributed by atoms with Crippen LogP contribution in [0.3, 0.4) is 0 Å². The zero-order valence-corrected chi connectivity index (χ0v) is 12.4. The molecule has 1 amide bonds. The molecule has 1 aromatic heterocycles. The van der Waals surface area contributed by atoms with Crippen LogP contribution in [0.15, 0.2) is 4.79 Å². The monoisotopic (exact) mass is 298 g/mol. The van der Waals surface area contributed by atoms with Crippen LogP contribution in [0.4, 0.5) is 0 Å². The van der Waals surface area contributed by atoms with E-state index in [1.807, 2.05) is 13.8 Å². The Bertz CT molecular complexity index is 590. The maximum Gasteiger partial charge on any atom is 0.308 e. The van der Waals surface area contributed by atoms with Gasteiger partial charge in [0, 0.05) is 23.7 Å². The van der Waals surface area contributed by atoms with Gasteiger partial charge in [-0.15, -0.1) is 0 Å². The van der Waals surface area contributed by atoms with E-state index in [4.69, 9.17) is 5.11 Å². The maximum absolute atomic E-state index is 12.2. The van der Waals surface area contributed by atoms with Gasteiger partial charge >= 0.3 is 10.8 Å². The van der Waals surface area contributed by atoms with Crippen LogP contribution in [0.2, 0.25) is 0 Å². The van der Waals surface area contributed by atoms with Crippen molar-refractivity contribution in [3.63, 3.8) is 0 Å². The number of aliphatic carboxylic acids is 1. The van der Waals surface area contributed by atoms with Crippen molar-refractivity contribution in [3.8, 4) is 0 Å². The van der Waals surface area contributed by atoms with Crippen LogP contribution in [0.5, 0.6) is 0 Å². The van der Waals surface area contributed by atoms with Gasteiger partial charge in [0.05, 0.1) is 5.92 Å². The highest BCUT2D eigenvalue weighted by Crippen LogP contribution is 2.17. The molecule has 1 N–H and O–H groups in total. The molecule has 0 spiro atoms. The lowest BCUT2D eigenvalue weighted by Gasteiger charge is -2.30. The molecule has 1 unspecified atom stereocenters. The zero-order chi connectivity index (χ0) is 14.9. The van der Waals surface area contributed by atoms with Crippen LogP contribution in [0, 0.1) is 19.8 Å². The van der Waals surface area contributed by atoms with Gasteiger partial charge in [-0.3, -0.25) is 19.0 Å². The normalized spacial score (nSPS) is 19.1. The largest absolute Gasteiger partial charge is 0.481 e. The van der Waals surface area contributed by atoms with Gasteiger partial charge in [0.2, 0.25) is 5.91 Å². The highest BCUT2D eigenvalue weighted by molar-refractivity contribution is 7.09. The first-order valence-corrected chi connectivity index (χ1v) is 7.39. The van der Waals surface area contributed by atoms with Crippen LogP contribution >= 0.6 is 11.3 Å². The van der Waals surface area contributed by atoms with E-state index < -0.39 is 11.9 Å². The molecule has 1 fully saturated rings. The molecule has 0 aliphatic carbocycles. The van der Waals surface area contributed by atoms with Crippen LogP contribution in [0.25, 0.3) is 0 Å². The molecule has 0 radical (unpaired) electrons. The number of carbonyl (C=O) groups is 2. The van der Waals surface area contributed by atoms with E-state index in [1.54, 1.807) is 4.90 Å². The summed E-state index contributed by atoms with van der Waals surface area (Å²) in [5, 5.41) is 9.03. The number of thiazole rings is 1. The molecular formula is C13H18N2O4S. The lowest BCUT2D eigenvalue weighted by Crippen LogP contribution is -2.44. The van der Waals surface area contributed by atoms with Crippen molar-refractivity contribution in [1.29, 1.82) is 0 Å². The minimum atomic E-state index is -0.859. The average Bonchev–Trinajstić information content (AvgIpc) is 2.65. The Balaban J connectivity index is 2.08. The van der Waals surface area contributed by atoms with E-state index in [2.05, 4.69) is 0 Å². The Morgan fingerprint density at radius 3 is 2.65 bits per heavy atom. The number of likely N-dealkylation sites (tertiary alicyclic amines) is 1. The molecule has 1 aromatic rings. The van der Waals surface area contributed by atoms with Gasteiger partial charge in [-0.05, 0) is 26.7 Å². The molecule has 2 rings (SSSR count). The van der Waals surface area contributed by atoms with Crippen molar-refractivity contribution in [1.82, 2.24) is 9.47 Å². The molecule has 0 saturated carbocycles. The van der Waals surface area contributed by atoms with Gasteiger partial charge in [0.1, 0.15) is 6.54 Å². The summed E-state index contributed by atoms with van der Waals surface area (Å²) >= 11 is 1.13. The van der Waals surface area contributed by atoms with Crippen molar-refractivity contribution >= 4 is 23.2 Å². The second-order valence-electron chi connectivity index (χ2n) is 5.11. The number of aryl methyl sites for hydroxylation is 1. The number of piperidine rings is 1. The van der Waals surface area contributed by atoms with Crippen molar-refractivity contribution < 1.29 is 14.7 Å². The number of hydrogen-bond acceptors (Lipinski definition) is 4. The number of nitrogens with zero attached hydrogens (tertiary/aromatic N) is 2. The summed E-state index contributed by atoms with van der Waals surface area (Å²) in [4.78, 5) is 37.3. The van der Waals surface area contributed by atoms with Crippen LogP contribution in [-0.4, -0.2) is 39.5 Å². The topological polar surface area (TPSA) is 79.6 Å². The summed E-state index contributed by atoms with van der Waals surface area (Å²) in [7, 11) is 0. The Hall–Kier alpha value is -1.63. The first kappa shape index (κ1) is 14.8. The standard InChI is InChI=1S/C13H18N2O4S/c1-8-9(2)20-13(19)15(8)7-11(16)14-5-3-4-10(6-14)12(17)18/h10H,3-7H2,1-2H3,(H,17,18). The summed E-state index contributed by atoms with van der Waals surface area (Å²) in [5.74, 6) is -1.53. The first-order chi connectivity index (χ1) is 9.40. The molecule has 20 heavy (non-hydrogen) atoms. The highest BCUT2D eigenvalue weighted by Gasteiger charge is 2.28. The smallest absolute Gasteiger partial charge is 0.308 e. The summed E-state index contributed by atoms with van der Waals surface area (Å²) in [6, 6.07) is 0. The first-order valence-electron chi connectivity index (χ1n) is 6.57. The second-order valence-corrected chi connectivity index (χ2v) is 6.28. The van der Waals surface area contributed by atoms with Gasteiger partial charge in [-0.2, -0.15) is 0 Å². The van der Waals surface area contributed by atoms with Crippen molar-refractivity contribution in [2.24, 2.45) is 5.92 Å². The Kier molecular flexibility index (Phi) is 4.27. The molecular weight excluding hydrogens is 280 g/mol. The minimum absolute atomic E-state index is 0.00134. The number of carboxylic acid groups (broad SMARTS) is 1. The molecule has 2 heterocycles. The van der Waals surface area contributed by atoms with Crippen LogP contribution in [0.1, 0.15) is 23.4 Å². The lowest BCUT2D eigenvalue weighted by atomic mass is 9.98. The van der Waals surface area contributed by atoms with E-state index in [-0.39, 0.29) is 23.9 Å². The van der Waals surface area contributed by atoms with Gasteiger partial charge in [-0.25, -0.2) is 0 Å². The van der Waals surface area contributed by atoms with E-state index in [0.717, 1.165) is 21.9 Å². The third-order valence-electron chi connectivity index (χ3n) is 3.79. The molecule has 7 heteroatoms. The average molecular weight is 298 g/mol. The van der Waals surface area contributed by atoms with Crippen molar-refractivity contribution in [3.05, 3.63) is 20.2 Å². The Morgan fingerprint density at radius 1 is 1.40 bits per heavy atom. The molecule has 6 nitrogen and oxygen atoms in total. The second kappa shape index (κ2) is 5.78. The molecule has 1 atom stereocenters. The fraction of sp³-hybridized carbons (Fsp3) is 0.615. The van der Waals surface area contributed by atoms with Crippen LogP contribution < -0.4 is 4.87 Å². The number of rotatable bonds is 3. The minimum Gasteiger partial charge on any atom is -0.481 e. The molecule has 1 aliphatic heterocycles. The van der Waals surface area contributed by atoms with Crippen molar-refractivity contribution in [2.75, 3.05) is 13.1 Å². The number of carbonyl (C=O) groups excluding carboxylic acids is 1. The Labute approximate surface area is 120 Å². The van der Waals surface area contributed by atoms with E-state index >= 15 is 0 Å². The van der Waals surface area contributed by atoms with Crippen LogP contribution in [-0.2, 0) is 16.1 Å². The third kappa shape index (κ3) is 2.92. The highest BCUT2D eigenvalue weighted by atomic mass is 32.1. The summed E-state index contributed by atoms with van der Waals surface area (Å²) in [5.41, 5.74) is 0.806. The molecule has 110 valence electrons. The molecule has 0 aromatic carbocycles.